The van der Waals surface area contributed by atoms with Crippen LogP contribution in [0.2, 0.25) is 0 Å². The standard InChI is InChI=1S/C19H33N/c1-12-3-5-15(6-4-12)19(20-2)18-16-8-13-7-14(10-16)11-17(18)9-13/h12-20H,3-11H2,1-2H3. The van der Waals surface area contributed by atoms with Gasteiger partial charge in [0, 0.05) is 6.04 Å². The highest BCUT2D eigenvalue weighted by Gasteiger charge is 2.51. The minimum atomic E-state index is 0.845. The second-order valence-electron chi connectivity index (χ2n) is 8.84. The largest absolute Gasteiger partial charge is 0.316 e. The summed E-state index contributed by atoms with van der Waals surface area (Å²) in [5.74, 6) is 7.42. The molecule has 0 aromatic rings. The highest BCUT2D eigenvalue weighted by molar-refractivity contribution is 5.03. The average molecular weight is 275 g/mol. The number of hydrogen-bond donors (Lipinski definition) is 1. The van der Waals surface area contributed by atoms with Gasteiger partial charge in [-0.25, -0.2) is 0 Å². The van der Waals surface area contributed by atoms with Crippen molar-refractivity contribution < 1.29 is 0 Å². The first-order chi connectivity index (χ1) is 9.74. The van der Waals surface area contributed by atoms with E-state index in [2.05, 4.69) is 19.3 Å². The summed E-state index contributed by atoms with van der Waals surface area (Å²) in [7, 11) is 2.26. The van der Waals surface area contributed by atoms with Crippen molar-refractivity contribution in [3.05, 3.63) is 0 Å². The van der Waals surface area contributed by atoms with Crippen LogP contribution >= 0.6 is 0 Å². The lowest BCUT2D eigenvalue weighted by molar-refractivity contribution is -0.0626. The summed E-state index contributed by atoms with van der Waals surface area (Å²) in [6.45, 7) is 2.45. The molecule has 0 aromatic heterocycles. The van der Waals surface area contributed by atoms with Crippen LogP contribution in [0.15, 0.2) is 0 Å². The Hall–Kier alpha value is -0.0400. The van der Waals surface area contributed by atoms with Gasteiger partial charge in [-0.05, 0) is 93.4 Å². The van der Waals surface area contributed by atoms with Crippen LogP contribution in [0.25, 0.3) is 0 Å². The van der Waals surface area contributed by atoms with Gasteiger partial charge in [-0.1, -0.05) is 19.8 Å². The summed E-state index contributed by atoms with van der Waals surface area (Å²) in [6.07, 6.45) is 13.9. The Morgan fingerprint density at radius 1 is 0.800 bits per heavy atom. The molecule has 1 N–H and O–H groups in total. The van der Waals surface area contributed by atoms with E-state index in [1.165, 1.54) is 25.7 Å². The molecule has 5 aliphatic rings. The van der Waals surface area contributed by atoms with Crippen molar-refractivity contribution in [2.45, 2.75) is 70.8 Å². The quantitative estimate of drug-likeness (QED) is 0.801. The van der Waals surface area contributed by atoms with E-state index in [0.717, 1.165) is 47.5 Å². The van der Waals surface area contributed by atoms with Crippen molar-refractivity contribution >= 4 is 0 Å². The minimum Gasteiger partial charge on any atom is -0.316 e. The van der Waals surface area contributed by atoms with Crippen LogP contribution in [0.3, 0.4) is 0 Å². The first-order valence-corrected chi connectivity index (χ1v) is 9.41. The number of hydrogen-bond acceptors (Lipinski definition) is 1. The van der Waals surface area contributed by atoms with Crippen LogP contribution in [0.1, 0.15) is 64.7 Å². The molecule has 5 aliphatic carbocycles. The van der Waals surface area contributed by atoms with E-state index in [1.807, 2.05) is 0 Å². The third-order valence-corrected chi connectivity index (χ3v) is 7.62. The number of nitrogens with one attached hydrogen (secondary N) is 1. The summed E-state index contributed by atoms with van der Waals surface area (Å²) in [6, 6.07) is 0.845. The molecule has 0 aromatic carbocycles. The molecule has 1 unspecified atom stereocenters. The van der Waals surface area contributed by atoms with E-state index in [0.29, 0.717) is 0 Å². The first kappa shape index (κ1) is 13.6. The fraction of sp³-hybridized carbons (Fsp3) is 1.00. The molecule has 5 rings (SSSR count). The van der Waals surface area contributed by atoms with E-state index in [-0.39, 0.29) is 0 Å². The molecule has 0 amide bonds. The summed E-state index contributed by atoms with van der Waals surface area (Å²) in [5.41, 5.74) is 0. The first-order valence-electron chi connectivity index (χ1n) is 9.41. The van der Waals surface area contributed by atoms with Crippen LogP contribution in [0.5, 0.6) is 0 Å². The molecule has 0 radical (unpaired) electrons. The van der Waals surface area contributed by atoms with Gasteiger partial charge in [0.25, 0.3) is 0 Å². The lowest BCUT2D eigenvalue weighted by Gasteiger charge is -2.57. The molecule has 4 bridgehead atoms. The van der Waals surface area contributed by atoms with Crippen molar-refractivity contribution in [3.63, 3.8) is 0 Å². The van der Waals surface area contributed by atoms with Gasteiger partial charge in [0.1, 0.15) is 0 Å². The second-order valence-corrected chi connectivity index (χ2v) is 8.84. The topological polar surface area (TPSA) is 12.0 Å². The van der Waals surface area contributed by atoms with Gasteiger partial charge in [-0.15, -0.1) is 0 Å². The molecule has 1 atom stereocenters. The highest BCUT2D eigenvalue weighted by Crippen LogP contribution is 2.58. The van der Waals surface area contributed by atoms with Gasteiger partial charge in [0.05, 0.1) is 0 Å². The monoisotopic (exact) mass is 275 g/mol. The zero-order valence-corrected chi connectivity index (χ0v) is 13.5. The normalized spacial score (nSPS) is 52.2. The molecular formula is C19H33N. The fourth-order valence-electron chi connectivity index (χ4n) is 6.94. The second kappa shape index (κ2) is 5.30. The number of rotatable bonds is 3. The van der Waals surface area contributed by atoms with Crippen molar-refractivity contribution in [2.75, 3.05) is 7.05 Å². The Labute approximate surface area is 125 Å². The highest BCUT2D eigenvalue weighted by atomic mass is 14.9. The van der Waals surface area contributed by atoms with Crippen molar-refractivity contribution in [2.24, 2.45) is 41.4 Å². The van der Waals surface area contributed by atoms with E-state index >= 15 is 0 Å². The van der Waals surface area contributed by atoms with Crippen molar-refractivity contribution in [3.8, 4) is 0 Å². The maximum Gasteiger partial charge on any atom is 0.0126 e. The summed E-state index contributed by atoms with van der Waals surface area (Å²) >= 11 is 0. The van der Waals surface area contributed by atoms with Gasteiger partial charge in [-0.2, -0.15) is 0 Å². The Kier molecular flexibility index (Phi) is 3.61. The third-order valence-electron chi connectivity index (χ3n) is 7.62. The smallest absolute Gasteiger partial charge is 0.0126 e. The Balaban J connectivity index is 1.50. The summed E-state index contributed by atoms with van der Waals surface area (Å²) in [4.78, 5) is 0. The predicted octanol–water partition coefficient (Wildman–Crippen LogP) is 4.47. The molecule has 0 aliphatic heterocycles. The van der Waals surface area contributed by atoms with Crippen LogP contribution in [0, 0.1) is 41.4 Å². The molecular weight excluding hydrogens is 242 g/mol. The average Bonchev–Trinajstić information content (AvgIpc) is 2.43. The van der Waals surface area contributed by atoms with E-state index in [9.17, 15) is 0 Å². The predicted molar refractivity (Wildman–Crippen MR) is 84.5 cm³/mol. The molecule has 1 nitrogen and oxygen atoms in total. The van der Waals surface area contributed by atoms with Gasteiger partial charge in [-0.3, -0.25) is 0 Å². The zero-order chi connectivity index (χ0) is 13.7. The van der Waals surface area contributed by atoms with E-state index in [4.69, 9.17) is 0 Å². The lowest BCUT2D eigenvalue weighted by Crippen LogP contribution is -2.55. The van der Waals surface area contributed by atoms with Gasteiger partial charge >= 0.3 is 0 Å². The Bertz CT molecular complexity index is 314. The lowest BCUT2D eigenvalue weighted by atomic mass is 9.49. The molecule has 0 spiro atoms. The van der Waals surface area contributed by atoms with Crippen LogP contribution in [-0.2, 0) is 0 Å². The van der Waals surface area contributed by atoms with Crippen molar-refractivity contribution in [1.82, 2.24) is 5.32 Å². The molecule has 5 saturated carbocycles. The van der Waals surface area contributed by atoms with Crippen LogP contribution in [-0.4, -0.2) is 13.1 Å². The molecule has 20 heavy (non-hydrogen) atoms. The minimum absolute atomic E-state index is 0.845. The molecule has 114 valence electrons. The fourth-order valence-corrected chi connectivity index (χ4v) is 6.94. The third kappa shape index (κ3) is 2.25. The van der Waals surface area contributed by atoms with Gasteiger partial charge in [0.2, 0.25) is 0 Å². The summed E-state index contributed by atoms with van der Waals surface area (Å²) in [5, 5.41) is 3.81. The van der Waals surface area contributed by atoms with Crippen LogP contribution in [0.4, 0.5) is 0 Å². The molecule has 5 fully saturated rings. The maximum absolute atomic E-state index is 3.81. The van der Waals surface area contributed by atoms with Gasteiger partial charge in [0.15, 0.2) is 0 Å². The molecule has 1 heteroatoms. The Morgan fingerprint density at radius 2 is 1.35 bits per heavy atom. The zero-order valence-electron chi connectivity index (χ0n) is 13.5. The molecule has 0 saturated heterocycles. The Morgan fingerprint density at radius 3 is 1.85 bits per heavy atom. The summed E-state index contributed by atoms with van der Waals surface area (Å²) < 4.78 is 0. The van der Waals surface area contributed by atoms with E-state index < -0.39 is 0 Å². The van der Waals surface area contributed by atoms with Crippen molar-refractivity contribution in [1.29, 1.82) is 0 Å². The molecule has 0 heterocycles. The van der Waals surface area contributed by atoms with Crippen LogP contribution < -0.4 is 5.32 Å². The van der Waals surface area contributed by atoms with E-state index in [1.54, 1.807) is 32.1 Å². The van der Waals surface area contributed by atoms with Gasteiger partial charge < -0.3 is 5.32 Å². The SMILES string of the molecule is CNC(C1CCC(C)CC1)C1C2CC3CC(C2)CC1C3. The maximum atomic E-state index is 3.81.